The van der Waals surface area contributed by atoms with Crippen molar-refractivity contribution < 1.29 is 9.53 Å². The Balaban J connectivity index is 1.90. The molecule has 2 rings (SSSR count). The fourth-order valence-electron chi connectivity index (χ4n) is 2.12. The summed E-state index contributed by atoms with van der Waals surface area (Å²) in [5.74, 6) is 1.05. The maximum atomic E-state index is 12.0. The van der Waals surface area contributed by atoms with Crippen LogP contribution in [0.25, 0.3) is 0 Å². The van der Waals surface area contributed by atoms with Crippen LogP contribution in [0.1, 0.15) is 43.2 Å². The van der Waals surface area contributed by atoms with Crippen molar-refractivity contribution >= 4 is 17.2 Å². The lowest BCUT2D eigenvalue weighted by molar-refractivity contribution is -0.123. The summed E-state index contributed by atoms with van der Waals surface area (Å²) in [7, 11) is 0. The molecule has 0 bridgehead atoms. The third-order valence-corrected chi connectivity index (χ3v) is 4.30. The van der Waals surface area contributed by atoms with Crippen molar-refractivity contribution in [3.05, 3.63) is 52.2 Å². The molecule has 1 amide bonds. The molecule has 1 aromatic heterocycles. The van der Waals surface area contributed by atoms with Gasteiger partial charge in [0.25, 0.3) is 5.91 Å². The van der Waals surface area contributed by atoms with E-state index in [1.165, 1.54) is 0 Å². The zero-order valence-electron chi connectivity index (χ0n) is 12.6. The van der Waals surface area contributed by atoms with Gasteiger partial charge in [0.2, 0.25) is 0 Å². The van der Waals surface area contributed by atoms with E-state index < -0.39 is 0 Å². The molecule has 3 nitrogen and oxygen atoms in total. The zero-order valence-corrected chi connectivity index (χ0v) is 13.4. The second-order valence-electron chi connectivity index (χ2n) is 5.29. The van der Waals surface area contributed by atoms with Gasteiger partial charge in [-0.2, -0.15) is 0 Å². The number of thiophene rings is 1. The van der Waals surface area contributed by atoms with Crippen molar-refractivity contribution in [3.8, 4) is 5.75 Å². The van der Waals surface area contributed by atoms with Crippen molar-refractivity contribution in [2.24, 2.45) is 0 Å². The van der Waals surface area contributed by atoms with Gasteiger partial charge < -0.3 is 10.1 Å². The van der Waals surface area contributed by atoms with Gasteiger partial charge in [0, 0.05) is 4.88 Å². The Bertz CT molecular complexity index is 578. The zero-order chi connectivity index (χ0) is 15.2. The molecule has 4 heteroatoms. The Kier molecular flexibility index (Phi) is 5.39. The minimum absolute atomic E-state index is 0.0152. The molecule has 0 radical (unpaired) electrons. The highest BCUT2D eigenvalue weighted by molar-refractivity contribution is 7.10. The van der Waals surface area contributed by atoms with Crippen LogP contribution in [0.15, 0.2) is 41.8 Å². The predicted molar refractivity (Wildman–Crippen MR) is 86.9 cm³/mol. The van der Waals surface area contributed by atoms with Crippen molar-refractivity contribution in [3.63, 3.8) is 0 Å². The fourth-order valence-corrected chi connectivity index (χ4v) is 2.86. The summed E-state index contributed by atoms with van der Waals surface area (Å²) in [6.07, 6.45) is 0. The van der Waals surface area contributed by atoms with Crippen LogP contribution in [-0.4, -0.2) is 12.5 Å². The Hall–Kier alpha value is -1.81. The van der Waals surface area contributed by atoms with Gasteiger partial charge in [-0.15, -0.1) is 11.3 Å². The molecular weight excluding hydrogens is 282 g/mol. The van der Waals surface area contributed by atoms with Gasteiger partial charge in [0.05, 0.1) is 6.04 Å². The SMILES string of the molecule is CC(C)c1ccccc1OCC(=O)N[C@@H](C)c1cccs1. The highest BCUT2D eigenvalue weighted by Crippen LogP contribution is 2.25. The quantitative estimate of drug-likeness (QED) is 0.871. The molecule has 1 aromatic carbocycles. The second-order valence-corrected chi connectivity index (χ2v) is 6.27. The first kappa shape index (κ1) is 15.6. The monoisotopic (exact) mass is 303 g/mol. The Morgan fingerprint density at radius 2 is 1.95 bits per heavy atom. The molecule has 21 heavy (non-hydrogen) atoms. The molecule has 0 unspecified atom stereocenters. The third kappa shape index (κ3) is 4.33. The normalized spacial score (nSPS) is 12.2. The highest BCUT2D eigenvalue weighted by atomic mass is 32.1. The van der Waals surface area contributed by atoms with Crippen LogP contribution < -0.4 is 10.1 Å². The standard InChI is InChI=1S/C17H21NO2S/c1-12(2)14-7-4-5-8-15(14)20-11-17(19)18-13(3)16-9-6-10-21-16/h4-10,12-13H,11H2,1-3H3,(H,18,19)/t13-/m0/s1. The van der Waals surface area contributed by atoms with Crippen molar-refractivity contribution in [2.75, 3.05) is 6.61 Å². The van der Waals surface area contributed by atoms with Crippen LogP contribution in [0, 0.1) is 0 Å². The number of para-hydroxylation sites is 1. The molecule has 0 aliphatic carbocycles. The fraction of sp³-hybridized carbons (Fsp3) is 0.353. The average molecular weight is 303 g/mol. The van der Waals surface area contributed by atoms with Gasteiger partial charge in [-0.1, -0.05) is 38.1 Å². The van der Waals surface area contributed by atoms with E-state index >= 15 is 0 Å². The van der Waals surface area contributed by atoms with Crippen LogP contribution >= 0.6 is 11.3 Å². The lowest BCUT2D eigenvalue weighted by Gasteiger charge is -2.15. The lowest BCUT2D eigenvalue weighted by Crippen LogP contribution is -2.31. The van der Waals surface area contributed by atoms with E-state index in [1.807, 2.05) is 48.7 Å². The molecule has 1 atom stereocenters. The first-order valence-electron chi connectivity index (χ1n) is 7.12. The highest BCUT2D eigenvalue weighted by Gasteiger charge is 2.12. The number of hydrogen-bond acceptors (Lipinski definition) is 3. The second kappa shape index (κ2) is 7.27. The minimum Gasteiger partial charge on any atom is -0.483 e. The Labute approximate surface area is 130 Å². The number of carbonyl (C=O) groups is 1. The summed E-state index contributed by atoms with van der Waals surface area (Å²) in [6.45, 7) is 6.24. The summed E-state index contributed by atoms with van der Waals surface area (Å²) in [4.78, 5) is 13.1. The summed E-state index contributed by atoms with van der Waals surface area (Å²) in [5.41, 5.74) is 1.12. The molecule has 0 aliphatic heterocycles. The van der Waals surface area contributed by atoms with Gasteiger partial charge in [0.15, 0.2) is 6.61 Å². The van der Waals surface area contributed by atoms with Gasteiger partial charge in [-0.25, -0.2) is 0 Å². The van der Waals surface area contributed by atoms with Crippen LogP contribution in [0.3, 0.4) is 0 Å². The van der Waals surface area contributed by atoms with Gasteiger partial charge in [0.1, 0.15) is 5.75 Å². The Morgan fingerprint density at radius 3 is 2.62 bits per heavy atom. The smallest absolute Gasteiger partial charge is 0.258 e. The van der Waals surface area contributed by atoms with Crippen LogP contribution in [0.5, 0.6) is 5.75 Å². The number of amides is 1. The first-order valence-corrected chi connectivity index (χ1v) is 8.00. The predicted octanol–water partition coefficient (Wildman–Crippen LogP) is 4.13. The van der Waals surface area contributed by atoms with E-state index in [0.717, 1.165) is 16.2 Å². The molecule has 0 spiro atoms. The van der Waals surface area contributed by atoms with Crippen LogP contribution in [-0.2, 0) is 4.79 Å². The largest absolute Gasteiger partial charge is 0.483 e. The summed E-state index contributed by atoms with van der Waals surface area (Å²) in [5, 5.41) is 4.96. The van der Waals surface area contributed by atoms with E-state index in [9.17, 15) is 4.79 Å². The molecule has 112 valence electrons. The topological polar surface area (TPSA) is 38.3 Å². The maximum absolute atomic E-state index is 12.0. The van der Waals surface area contributed by atoms with Gasteiger partial charge in [-0.3, -0.25) is 4.79 Å². The van der Waals surface area contributed by atoms with E-state index in [0.29, 0.717) is 5.92 Å². The molecule has 1 N–H and O–H groups in total. The maximum Gasteiger partial charge on any atom is 0.258 e. The average Bonchev–Trinajstić information content (AvgIpc) is 2.99. The van der Waals surface area contributed by atoms with Crippen LogP contribution in [0.2, 0.25) is 0 Å². The molecule has 0 aliphatic rings. The number of ether oxygens (including phenoxy) is 1. The van der Waals surface area contributed by atoms with E-state index in [-0.39, 0.29) is 18.6 Å². The summed E-state index contributed by atoms with van der Waals surface area (Å²) >= 11 is 1.64. The number of nitrogens with one attached hydrogen (secondary N) is 1. The lowest BCUT2D eigenvalue weighted by atomic mass is 10.0. The summed E-state index contributed by atoms with van der Waals surface area (Å²) in [6, 6.07) is 11.9. The molecule has 0 fully saturated rings. The number of rotatable bonds is 6. The number of benzene rings is 1. The summed E-state index contributed by atoms with van der Waals surface area (Å²) < 4.78 is 5.67. The van der Waals surface area contributed by atoms with E-state index in [2.05, 4.69) is 19.2 Å². The van der Waals surface area contributed by atoms with Crippen LogP contribution in [0.4, 0.5) is 0 Å². The molecule has 2 aromatic rings. The van der Waals surface area contributed by atoms with Crippen molar-refractivity contribution in [2.45, 2.75) is 32.7 Å². The van der Waals surface area contributed by atoms with Crippen molar-refractivity contribution in [1.82, 2.24) is 5.32 Å². The minimum atomic E-state index is -0.102. The molecular formula is C17H21NO2S. The molecule has 0 saturated carbocycles. The van der Waals surface area contributed by atoms with E-state index in [1.54, 1.807) is 11.3 Å². The first-order chi connectivity index (χ1) is 10.1. The number of carbonyl (C=O) groups excluding carboxylic acids is 1. The van der Waals surface area contributed by atoms with E-state index in [4.69, 9.17) is 4.74 Å². The Morgan fingerprint density at radius 1 is 1.19 bits per heavy atom. The van der Waals surface area contributed by atoms with Gasteiger partial charge in [-0.05, 0) is 35.9 Å². The molecule has 0 saturated heterocycles. The van der Waals surface area contributed by atoms with Crippen molar-refractivity contribution in [1.29, 1.82) is 0 Å². The number of hydrogen-bond donors (Lipinski definition) is 1. The van der Waals surface area contributed by atoms with Gasteiger partial charge >= 0.3 is 0 Å². The third-order valence-electron chi connectivity index (χ3n) is 3.25. The molecule has 1 heterocycles.